The second-order valence-corrected chi connectivity index (χ2v) is 4.45. The first-order chi connectivity index (χ1) is 6.81. The van der Waals surface area contributed by atoms with Crippen LogP contribution in [0.5, 0.6) is 0 Å². The fourth-order valence-corrected chi connectivity index (χ4v) is 2.49. The number of piperidine rings is 1. The van der Waals surface area contributed by atoms with Gasteiger partial charge in [0.1, 0.15) is 0 Å². The molecule has 0 spiro atoms. The van der Waals surface area contributed by atoms with Gasteiger partial charge in [-0.3, -0.25) is 4.90 Å². The Balaban J connectivity index is 1.82. The van der Waals surface area contributed by atoms with E-state index in [0.717, 1.165) is 39.0 Å². The maximum atomic E-state index is 9.71. The van der Waals surface area contributed by atoms with E-state index in [1.54, 1.807) is 0 Å². The molecule has 3 N–H and O–H groups in total. The van der Waals surface area contributed by atoms with E-state index in [0.29, 0.717) is 18.6 Å². The minimum absolute atomic E-state index is 0.208. The smallest absolute Gasteiger partial charge is 0.0831 e. The molecule has 2 atom stereocenters. The second kappa shape index (κ2) is 4.57. The van der Waals surface area contributed by atoms with Gasteiger partial charge < -0.3 is 15.5 Å². The predicted octanol–water partition coefficient (Wildman–Crippen LogP) is -0.977. The Morgan fingerprint density at radius 3 is 2.43 bits per heavy atom. The van der Waals surface area contributed by atoms with Crippen LogP contribution in [-0.2, 0) is 0 Å². The summed E-state index contributed by atoms with van der Waals surface area (Å²) in [6.45, 7) is 4.00. The summed E-state index contributed by atoms with van der Waals surface area (Å²) in [4.78, 5) is 2.36. The van der Waals surface area contributed by atoms with Crippen LogP contribution in [0.25, 0.3) is 0 Å². The first-order valence-corrected chi connectivity index (χ1v) is 5.55. The molecule has 2 unspecified atom stereocenters. The molecule has 2 saturated heterocycles. The van der Waals surface area contributed by atoms with Crippen molar-refractivity contribution in [3.63, 3.8) is 0 Å². The third kappa shape index (κ3) is 2.08. The van der Waals surface area contributed by atoms with E-state index in [1.165, 1.54) is 0 Å². The van der Waals surface area contributed by atoms with Crippen LogP contribution in [0, 0.1) is 5.92 Å². The molecule has 0 aromatic heterocycles. The molecule has 2 aliphatic rings. The Kier molecular flexibility index (Phi) is 3.38. The van der Waals surface area contributed by atoms with E-state index < -0.39 is 0 Å². The molecule has 0 saturated carbocycles. The Morgan fingerprint density at radius 2 is 1.93 bits per heavy atom. The van der Waals surface area contributed by atoms with Gasteiger partial charge in [-0.2, -0.15) is 0 Å². The Labute approximate surface area is 84.9 Å². The second-order valence-electron chi connectivity index (χ2n) is 4.45. The van der Waals surface area contributed by atoms with Gasteiger partial charge in [0, 0.05) is 25.7 Å². The number of aliphatic hydroxyl groups excluding tert-OH is 2. The van der Waals surface area contributed by atoms with Crippen LogP contribution in [-0.4, -0.2) is 60.0 Å². The minimum Gasteiger partial charge on any atom is -0.396 e. The van der Waals surface area contributed by atoms with E-state index in [9.17, 15) is 5.11 Å². The van der Waals surface area contributed by atoms with E-state index >= 15 is 0 Å². The fourth-order valence-electron chi connectivity index (χ4n) is 2.49. The number of β-amino-alcohol motifs (C(OH)–C–C–N with tert-alkyl or cyclic N) is 1. The molecule has 2 heterocycles. The Morgan fingerprint density at radius 1 is 1.21 bits per heavy atom. The zero-order chi connectivity index (χ0) is 9.97. The summed E-state index contributed by atoms with van der Waals surface area (Å²) in [6, 6.07) is 0.301. The number of hydrogen-bond acceptors (Lipinski definition) is 4. The van der Waals surface area contributed by atoms with Crippen LogP contribution >= 0.6 is 0 Å². The molecule has 14 heavy (non-hydrogen) atoms. The molecule has 2 rings (SSSR count). The summed E-state index contributed by atoms with van der Waals surface area (Å²) in [6.07, 6.45) is 1.93. The van der Waals surface area contributed by atoms with Crippen LogP contribution in [0.4, 0.5) is 0 Å². The van der Waals surface area contributed by atoms with Gasteiger partial charge in [-0.05, 0) is 31.8 Å². The van der Waals surface area contributed by atoms with Crippen molar-refractivity contribution in [2.24, 2.45) is 5.92 Å². The topological polar surface area (TPSA) is 55.7 Å². The van der Waals surface area contributed by atoms with Crippen LogP contribution < -0.4 is 5.32 Å². The third-order valence-electron chi connectivity index (χ3n) is 3.53. The molecule has 0 radical (unpaired) electrons. The average Bonchev–Trinajstić information content (AvgIpc) is 2.65. The average molecular weight is 200 g/mol. The van der Waals surface area contributed by atoms with Crippen molar-refractivity contribution in [2.75, 3.05) is 32.8 Å². The molecule has 2 aliphatic heterocycles. The van der Waals surface area contributed by atoms with Gasteiger partial charge in [-0.1, -0.05) is 0 Å². The fraction of sp³-hybridized carbons (Fsp3) is 1.00. The predicted molar refractivity (Wildman–Crippen MR) is 54.0 cm³/mol. The SMILES string of the molecule is OCC1CCN(C2CNCC2O)CC1. The van der Waals surface area contributed by atoms with E-state index in [4.69, 9.17) is 5.11 Å². The van der Waals surface area contributed by atoms with Gasteiger partial charge in [0.15, 0.2) is 0 Å². The van der Waals surface area contributed by atoms with Crippen molar-refractivity contribution in [3.05, 3.63) is 0 Å². The van der Waals surface area contributed by atoms with Gasteiger partial charge >= 0.3 is 0 Å². The lowest BCUT2D eigenvalue weighted by molar-refractivity contribution is 0.0487. The minimum atomic E-state index is -0.208. The molecule has 0 amide bonds. The van der Waals surface area contributed by atoms with Crippen molar-refractivity contribution in [1.82, 2.24) is 10.2 Å². The first kappa shape index (κ1) is 10.4. The number of nitrogens with zero attached hydrogens (tertiary/aromatic N) is 1. The molecule has 4 heteroatoms. The summed E-state index contributed by atoms with van der Waals surface area (Å²) in [7, 11) is 0. The van der Waals surface area contributed by atoms with Crippen molar-refractivity contribution >= 4 is 0 Å². The van der Waals surface area contributed by atoms with E-state index in [1.807, 2.05) is 0 Å². The van der Waals surface area contributed by atoms with Crippen LogP contribution in [0.15, 0.2) is 0 Å². The lowest BCUT2D eigenvalue weighted by Gasteiger charge is -2.36. The molecule has 0 bridgehead atoms. The quantitative estimate of drug-likeness (QED) is 0.536. The molecule has 0 aromatic rings. The maximum absolute atomic E-state index is 9.71. The largest absolute Gasteiger partial charge is 0.396 e. The summed E-state index contributed by atoms with van der Waals surface area (Å²) in [5.74, 6) is 0.484. The highest BCUT2D eigenvalue weighted by atomic mass is 16.3. The summed E-state index contributed by atoms with van der Waals surface area (Å²) < 4.78 is 0. The molecular weight excluding hydrogens is 180 g/mol. The number of nitrogens with one attached hydrogen (secondary N) is 1. The first-order valence-electron chi connectivity index (χ1n) is 5.55. The highest BCUT2D eigenvalue weighted by molar-refractivity contribution is 4.90. The summed E-state index contributed by atoms with van der Waals surface area (Å²) in [5, 5.41) is 21.9. The van der Waals surface area contributed by atoms with Crippen LogP contribution in [0.1, 0.15) is 12.8 Å². The maximum Gasteiger partial charge on any atom is 0.0831 e. The lowest BCUT2D eigenvalue weighted by atomic mass is 9.96. The van der Waals surface area contributed by atoms with Crippen molar-refractivity contribution in [3.8, 4) is 0 Å². The van der Waals surface area contributed by atoms with Crippen molar-refractivity contribution in [2.45, 2.75) is 25.0 Å². The third-order valence-corrected chi connectivity index (χ3v) is 3.53. The standard InChI is InChI=1S/C10H20N2O2/c13-7-8-1-3-12(4-2-8)9-5-11-6-10(9)14/h8-11,13-14H,1-7H2. The molecular formula is C10H20N2O2. The summed E-state index contributed by atoms with van der Waals surface area (Å²) in [5.41, 5.74) is 0. The number of likely N-dealkylation sites (tertiary alicyclic amines) is 1. The highest BCUT2D eigenvalue weighted by Gasteiger charge is 2.32. The number of aliphatic hydroxyl groups is 2. The normalized spacial score (nSPS) is 36.4. The van der Waals surface area contributed by atoms with Crippen LogP contribution in [0.2, 0.25) is 0 Å². The molecule has 0 aliphatic carbocycles. The highest BCUT2D eigenvalue weighted by Crippen LogP contribution is 2.20. The number of rotatable bonds is 2. The molecule has 82 valence electrons. The van der Waals surface area contributed by atoms with Gasteiger partial charge in [-0.25, -0.2) is 0 Å². The number of hydrogen-bond donors (Lipinski definition) is 3. The van der Waals surface area contributed by atoms with Crippen molar-refractivity contribution < 1.29 is 10.2 Å². The lowest BCUT2D eigenvalue weighted by Crippen LogP contribution is -2.47. The Hall–Kier alpha value is -0.160. The van der Waals surface area contributed by atoms with Crippen molar-refractivity contribution in [1.29, 1.82) is 0 Å². The van der Waals surface area contributed by atoms with Gasteiger partial charge in [0.05, 0.1) is 6.10 Å². The Bertz CT molecular complexity index is 181. The summed E-state index contributed by atoms with van der Waals surface area (Å²) >= 11 is 0. The zero-order valence-corrected chi connectivity index (χ0v) is 8.52. The van der Waals surface area contributed by atoms with E-state index in [-0.39, 0.29) is 6.10 Å². The molecule has 4 nitrogen and oxygen atoms in total. The molecule has 2 fully saturated rings. The van der Waals surface area contributed by atoms with Gasteiger partial charge in [0.25, 0.3) is 0 Å². The zero-order valence-electron chi connectivity index (χ0n) is 8.52. The van der Waals surface area contributed by atoms with Gasteiger partial charge in [-0.15, -0.1) is 0 Å². The van der Waals surface area contributed by atoms with Crippen LogP contribution in [0.3, 0.4) is 0 Å². The molecule has 0 aromatic carbocycles. The monoisotopic (exact) mass is 200 g/mol. The van der Waals surface area contributed by atoms with E-state index in [2.05, 4.69) is 10.2 Å². The van der Waals surface area contributed by atoms with Gasteiger partial charge in [0.2, 0.25) is 0 Å².